The normalized spacial score (nSPS) is 22.9. The lowest BCUT2D eigenvalue weighted by molar-refractivity contribution is -0.165. The van der Waals surface area contributed by atoms with Crippen LogP contribution in [0.2, 0.25) is 0 Å². The van der Waals surface area contributed by atoms with Crippen LogP contribution in [0.3, 0.4) is 0 Å². The van der Waals surface area contributed by atoms with Crippen molar-refractivity contribution in [1.29, 1.82) is 5.26 Å². The van der Waals surface area contributed by atoms with Crippen LogP contribution in [0, 0.1) is 11.3 Å². The molecule has 1 aromatic rings. The maximum Gasteiger partial charge on any atom is 0.412 e. The number of carbonyl (C=O) groups excluding carboxylic acids is 1. The Hall–Kier alpha value is -2.01. The molecule has 0 saturated carbocycles. The van der Waals surface area contributed by atoms with E-state index in [0.29, 0.717) is 22.9 Å². The molecule has 2 rings (SSSR count). The number of aliphatic imine (C=N–C) groups is 1. The average molecular weight is 327 g/mol. The van der Waals surface area contributed by atoms with Gasteiger partial charge in [0.05, 0.1) is 17.7 Å². The minimum Gasteiger partial charge on any atom is -0.358 e. The predicted molar refractivity (Wildman–Crippen MR) is 77.2 cm³/mol. The Morgan fingerprint density at radius 2 is 2.05 bits per heavy atom. The van der Waals surface area contributed by atoms with E-state index >= 15 is 0 Å². The SMILES string of the molecule is CC(NC1=NC(=O)[C@@](C)(C(F)(F)F)S1)c1ccccc1C#N. The van der Waals surface area contributed by atoms with Crippen LogP contribution < -0.4 is 5.32 Å². The number of alkyl halides is 3. The quantitative estimate of drug-likeness (QED) is 0.906. The molecule has 1 aliphatic heterocycles. The van der Waals surface area contributed by atoms with E-state index in [1.807, 2.05) is 6.07 Å². The summed E-state index contributed by atoms with van der Waals surface area (Å²) in [6.45, 7) is 2.50. The molecule has 1 heterocycles. The van der Waals surface area contributed by atoms with Gasteiger partial charge in [0.2, 0.25) is 0 Å². The summed E-state index contributed by atoms with van der Waals surface area (Å²) in [6, 6.07) is 8.29. The highest BCUT2D eigenvalue weighted by Gasteiger charge is 2.61. The molecule has 0 bridgehead atoms. The average Bonchev–Trinajstić information content (AvgIpc) is 2.74. The molecule has 0 aliphatic carbocycles. The monoisotopic (exact) mass is 327 g/mol. The van der Waals surface area contributed by atoms with Crippen LogP contribution in [0.25, 0.3) is 0 Å². The van der Waals surface area contributed by atoms with Crippen LogP contribution in [0.4, 0.5) is 13.2 Å². The number of nitriles is 1. The third-order valence-electron chi connectivity index (χ3n) is 3.34. The van der Waals surface area contributed by atoms with Crippen LogP contribution >= 0.6 is 11.8 Å². The van der Waals surface area contributed by atoms with Crippen molar-refractivity contribution in [2.24, 2.45) is 4.99 Å². The molecule has 0 radical (unpaired) electrons. The number of carbonyl (C=O) groups is 1. The van der Waals surface area contributed by atoms with Gasteiger partial charge in [0.15, 0.2) is 9.91 Å². The molecule has 1 amide bonds. The summed E-state index contributed by atoms with van der Waals surface area (Å²) in [5.74, 6) is -1.23. The molecule has 1 N–H and O–H groups in total. The molecule has 1 unspecified atom stereocenters. The van der Waals surface area contributed by atoms with Gasteiger partial charge in [-0.25, -0.2) is 0 Å². The number of amidine groups is 1. The molecule has 0 saturated heterocycles. The maximum atomic E-state index is 13.0. The first-order valence-corrected chi connectivity index (χ1v) is 7.15. The summed E-state index contributed by atoms with van der Waals surface area (Å²) in [5.41, 5.74) is 1.04. The Morgan fingerprint density at radius 1 is 1.41 bits per heavy atom. The van der Waals surface area contributed by atoms with Crippen molar-refractivity contribution < 1.29 is 18.0 Å². The zero-order valence-corrected chi connectivity index (χ0v) is 12.5. The van der Waals surface area contributed by atoms with E-state index in [9.17, 15) is 18.0 Å². The number of rotatable bonds is 2. The van der Waals surface area contributed by atoms with Gasteiger partial charge in [-0.2, -0.15) is 23.4 Å². The summed E-state index contributed by atoms with van der Waals surface area (Å²) in [7, 11) is 0. The van der Waals surface area contributed by atoms with E-state index in [4.69, 9.17) is 5.26 Å². The number of amides is 1. The van der Waals surface area contributed by atoms with Crippen molar-refractivity contribution in [3.63, 3.8) is 0 Å². The van der Waals surface area contributed by atoms with Crippen LogP contribution in [-0.4, -0.2) is 22.0 Å². The smallest absolute Gasteiger partial charge is 0.358 e. The van der Waals surface area contributed by atoms with Crippen molar-refractivity contribution in [3.05, 3.63) is 35.4 Å². The lowest BCUT2D eigenvalue weighted by atomic mass is 10.0. The molecule has 1 aromatic carbocycles. The minimum absolute atomic E-state index is 0.0925. The molecular weight excluding hydrogens is 315 g/mol. The fourth-order valence-electron chi connectivity index (χ4n) is 1.94. The topological polar surface area (TPSA) is 65.2 Å². The van der Waals surface area contributed by atoms with Crippen molar-refractivity contribution in [1.82, 2.24) is 5.32 Å². The Balaban J connectivity index is 2.18. The standard InChI is InChI=1S/C14H12F3N3OS/c1-8(10-6-4-3-5-9(10)7-18)19-12-20-11(21)13(2,22-12)14(15,16)17/h3-6,8H,1-2H3,(H,19,20,21)/t8?,13-/m0/s1. The Bertz CT molecular complexity index is 681. The lowest BCUT2D eigenvalue weighted by Crippen LogP contribution is -2.44. The molecule has 4 nitrogen and oxygen atoms in total. The highest BCUT2D eigenvalue weighted by atomic mass is 32.2. The first-order valence-electron chi connectivity index (χ1n) is 6.33. The third-order valence-corrected chi connectivity index (χ3v) is 4.56. The highest BCUT2D eigenvalue weighted by Crippen LogP contribution is 2.46. The van der Waals surface area contributed by atoms with Crippen molar-refractivity contribution >= 4 is 22.8 Å². The molecule has 1 aliphatic rings. The Labute approximate surface area is 129 Å². The van der Waals surface area contributed by atoms with Gasteiger partial charge in [-0.05, 0) is 25.5 Å². The molecule has 116 valence electrons. The molecule has 0 aromatic heterocycles. The maximum absolute atomic E-state index is 13.0. The van der Waals surface area contributed by atoms with Crippen LogP contribution in [0.5, 0.6) is 0 Å². The summed E-state index contributed by atoms with van der Waals surface area (Å²) in [4.78, 5) is 15.0. The van der Waals surface area contributed by atoms with E-state index < -0.39 is 22.9 Å². The number of halogens is 3. The molecular formula is C14H12F3N3OS. The Morgan fingerprint density at radius 3 is 2.59 bits per heavy atom. The molecule has 2 atom stereocenters. The van der Waals surface area contributed by atoms with Gasteiger partial charge in [-0.1, -0.05) is 30.0 Å². The predicted octanol–water partition coefficient (Wildman–Crippen LogP) is 3.16. The van der Waals surface area contributed by atoms with Gasteiger partial charge in [0.25, 0.3) is 5.91 Å². The van der Waals surface area contributed by atoms with Gasteiger partial charge in [0.1, 0.15) is 0 Å². The zero-order valence-electron chi connectivity index (χ0n) is 11.7. The zero-order chi connectivity index (χ0) is 16.5. The minimum atomic E-state index is -4.69. The van der Waals surface area contributed by atoms with Crippen molar-refractivity contribution in [2.75, 3.05) is 0 Å². The van der Waals surface area contributed by atoms with Gasteiger partial charge in [-0.3, -0.25) is 4.79 Å². The van der Waals surface area contributed by atoms with E-state index in [1.165, 1.54) is 0 Å². The molecule has 0 fully saturated rings. The second-order valence-electron chi connectivity index (χ2n) is 4.92. The molecule has 8 heteroatoms. The van der Waals surface area contributed by atoms with Crippen LogP contribution in [0.15, 0.2) is 29.3 Å². The van der Waals surface area contributed by atoms with Crippen LogP contribution in [0.1, 0.15) is 31.0 Å². The Kier molecular flexibility index (Phi) is 4.20. The first kappa shape index (κ1) is 16.4. The highest BCUT2D eigenvalue weighted by molar-refractivity contribution is 8.16. The van der Waals surface area contributed by atoms with Crippen molar-refractivity contribution in [3.8, 4) is 6.07 Å². The van der Waals surface area contributed by atoms with Crippen LogP contribution in [-0.2, 0) is 4.79 Å². The first-order chi connectivity index (χ1) is 10.2. The van der Waals surface area contributed by atoms with Gasteiger partial charge < -0.3 is 5.32 Å². The fourth-order valence-corrected chi connectivity index (χ4v) is 2.94. The lowest BCUT2D eigenvalue weighted by Gasteiger charge is -2.23. The number of benzene rings is 1. The van der Waals surface area contributed by atoms with Gasteiger partial charge in [-0.15, -0.1) is 0 Å². The van der Waals surface area contributed by atoms with E-state index in [2.05, 4.69) is 10.3 Å². The van der Waals surface area contributed by atoms with E-state index in [1.54, 1.807) is 31.2 Å². The fraction of sp³-hybridized carbons (Fsp3) is 0.357. The second-order valence-corrected chi connectivity index (χ2v) is 6.33. The largest absolute Gasteiger partial charge is 0.412 e. The number of hydrogen-bond acceptors (Lipinski definition) is 4. The second kappa shape index (κ2) is 5.65. The third kappa shape index (κ3) is 2.81. The summed E-state index contributed by atoms with van der Waals surface area (Å²) in [6.07, 6.45) is -4.69. The van der Waals surface area contributed by atoms with Gasteiger partial charge in [0, 0.05) is 0 Å². The molecule has 22 heavy (non-hydrogen) atoms. The van der Waals surface area contributed by atoms with E-state index in [0.717, 1.165) is 6.92 Å². The number of nitrogens with one attached hydrogen (secondary N) is 1. The van der Waals surface area contributed by atoms with E-state index in [-0.39, 0.29) is 5.17 Å². The molecule has 0 spiro atoms. The summed E-state index contributed by atoms with van der Waals surface area (Å²) in [5, 5.41) is 11.7. The number of thioether (sulfide) groups is 1. The van der Waals surface area contributed by atoms with Gasteiger partial charge >= 0.3 is 6.18 Å². The number of hydrogen-bond donors (Lipinski definition) is 1. The summed E-state index contributed by atoms with van der Waals surface area (Å²) < 4.78 is 36.3. The van der Waals surface area contributed by atoms with Crippen molar-refractivity contribution in [2.45, 2.75) is 30.8 Å². The summed E-state index contributed by atoms with van der Waals surface area (Å²) >= 11 is 0.346. The number of nitrogens with zero attached hydrogens (tertiary/aromatic N) is 2.